The molecule has 0 fully saturated rings. The predicted octanol–water partition coefficient (Wildman–Crippen LogP) is 3.49. The molecule has 1 unspecified atom stereocenters. The Balaban J connectivity index is 1.77. The van der Waals surface area contributed by atoms with Crippen molar-refractivity contribution in [2.45, 2.75) is 12.6 Å². The lowest BCUT2D eigenvalue weighted by Gasteiger charge is -2.26. The van der Waals surface area contributed by atoms with E-state index in [4.69, 9.17) is 5.73 Å². The van der Waals surface area contributed by atoms with Crippen molar-refractivity contribution in [1.82, 2.24) is 0 Å². The zero-order valence-electron chi connectivity index (χ0n) is 15.2. The quantitative estimate of drug-likeness (QED) is 0.715. The van der Waals surface area contributed by atoms with Crippen LogP contribution in [0.5, 0.6) is 0 Å². The van der Waals surface area contributed by atoms with Crippen LogP contribution in [-0.2, 0) is 11.2 Å². The molecule has 5 heteroatoms. The van der Waals surface area contributed by atoms with Crippen LogP contribution in [0.4, 0.5) is 11.4 Å². The molecule has 0 saturated carbocycles. The molecule has 138 valence electrons. The van der Waals surface area contributed by atoms with Gasteiger partial charge in [-0.15, -0.1) is 0 Å². The molecular weight excluding hydrogens is 350 g/mol. The van der Waals surface area contributed by atoms with Gasteiger partial charge in [-0.1, -0.05) is 66.7 Å². The maximum atomic E-state index is 13.0. The molecule has 0 radical (unpaired) electrons. The summed E-state index contributed by atoms with van der Waals surface area (Å²) in [6.45, 7) is 0. The molecule has 0 aliphatic carbocycles. The first-order chi connectivity index (χ1) is 13.6. The number of fused-ring (bicyclic) bond motifs is 1. The number of anilines is 2. The molecule has 3 aromatic carbocycles. The average Bonchev–Trinajstić information content (AvgIpc) is 2.86. The number of para-hydroxylation sites is 2. The summed E-state index contributed by atoms with van der Waals surface area (Å²) >= 11 is 0. The summed E-state index contributed by atoms with van der Waals surface area (Å²) in [4.78, 5) is 31.5. The number of aliphatic imine (C=N–C) groups is 1. The number of benzene rings is 3. The fraction of sp³-hybridized carbons (Fsp3) is 0.0870. The van der Waals surface area contributed by atoms with Crippen LogP contribution in [0.3, 0.4) is 0 Å². The average molecular weight is 369 g/mol. The van der Waals surface area contributed by atoms with Crippen LogP contribution in [0, 0.1) is 0 Å². The molecule has 2 N–H and O–H groups in total. The van der Waals surface area contributed by atoms with Crippen LogP contribution in [0.15, 0.2) is 83.9 Å². The number of rotatable bonds is 4. The molecule has 3 aromatic rings. The summed E-state index contributed by atoms with van der Waals surface area (Å²) in [5.41, 5.74) is 9.51. The van der Waals surface area contributed by atoms with Crippen molar-refractivity contribution >= 4 is 29.3 Å². The van der Waals surface area contributed by atoms with E-state index in [2.05, 4.69) is 4.99 Å². The van der Waals surface area contributed by atoms with E-state index in [0.29, 0.717) is 16.9 Å². The highest BCUT2D eigenvalue weighted by Gasteiger charge is 2.29. The van der Waals surface area contributed by atoms with Crippen LogP contribution < -0.4 is 10.6 Å². The Morgan fingerprint density at radius 2 is 1.54 bits per heavy atom. The molecule has 0 spiro atoms. The van der Waals surface area contributed by atoms with Gasteiger partial charge < -0.3 is 5.73 Å². The SMILES string of the molecule is NC1N=Cc2ccccc2N(c2ccccc2CC(=O)c2ccccc2)C1=O. The molecule has 0 aromatic heterocycles. The second-order valence-electron chi connectivity index (χ2n) is 6.55. The molecule has 0 bridgehead atoms. The molecule has 1 amide bonds. The van der Waals surface area contributed by atoms with E-state index in [0.717, 1.165) is 11.1 Å². The van der Waals surface area contributed by atoms with Crippen molar-refractivity contribution in [3.8, 4) is 0 Å². The van der Waals surface area contributed by atoms with Crippen molar-refractivity contribution in [2.24, 2.45) is 10.7 Å². The Bertz CT molecular complexity index is 1060. The van der Waals surface area contributed by atoms with Gasteiger partial charge in [0, 0.05) is 23.8 Å². The van der Waals surface area contributed by atoms with Gasteiger partial charge >= 0.3 is 0 Å². The van der Waals surface area contributed by atoms with Gasteiger partial charge in [0.15, 0.2) is 11.9 Å². The number of nitrogens with two attached hydrogens (primary N) is 1. The number of carbonyl (C=O) groups excluding carboxylic acids is 2. The second kappa shape index (κ2) is 7.58. The summed E-state index contributed by atoms with van der Waals surface area (Å²) in [6.07, 6.45) is 0.808. The van der Waals surface area contributed by atoms with Crippen molar-refractivity contribution in [3.63, 3.8) is 0 Å². The lowest BCUT2D eigenvalue weighted by Crippen LogP contribution is -2.40. The Morgan fingerprint density at radius 3 is 2.32 bits per heavy atom. The fourth-order valence-electron chi connectivity index (χ4n) is 3.30. The lowest BCUT2D eigenvalue weighted by molar-refractivity contribution is -0.118. The minimum absolute atomic E-state index is 0.0100. The minimum Gasteiger partial charge on any atom is -0.302 e. The Labute approximate surface area is 163 Å². The number of Topliss-reactive ketones (excluding diaryl/α,β-unsaturated/α-hetero) is 1. The minimum atomic E-state index is -0.995. The highest BCUT2D eigenvalue weighted by molar-refractivity contribution is 6.10. The van der Waals surface area contributed by atoms with Gasteiger partial charge in [-0.3, -0.25) is 19.5 Å². The van der Waals surface area contributed by atoms with Crippen LogP contribution in [0.2, 0.25) is 0 Å². The molecule has 1 aliphatic heterocycles. The Morgan fingerprint density at radius 1 is 0.893 bits per heavy atom. The van der Waals surface area contributed by atoms with Gasteiger partial charge in [0.25, 0.3) is 5.91 Å². The van der Waals surface area contributed by atoms with E-state index in [-0.39, 0.29) is 18.1 Å². The van der Waals surface area contributed by atoms with Crippen molar-refractivity contribution in [1.29, 1.82) is 0 Å². The highest BCUT2D eigenvalue weighted by atomic mass is 16.2. The number of ketones is 1. The zero-order chi connectivity index (χ0) is 19.5. The third-order valence-corrected chi connectivity index (χ3v) is 4.70. The summed E-state index contributed by atoms with van der Waals surface area (Å²) in [6, 6.07) is 24.0. The van der Waals surface area contributed by atoms with E-state index in [9.17, 15) is 9.59 Å². The summed E-state index contributed by atoms with van der Waals surface area (Å²) in [7, 11) is 0. The maximum absolute atomic E-state index is 13.0. The Hall–Kier alpha value is -3.57. The molecule has 0 saturated heterocycles. The van der Waals surface area contributed by atoms with Crippen LogP contribution in [0.25, 0.3) is 0 Å². The standard InChI is InChI=1S/C23H19N3O2/c24-22-23(28)26(20-13-7-5-11-18(20)15-25-22)19-12-6-4-10-17(19)14-21(27)16-8-2-1-3-9-16/h1-13,15,22H,14,24H2. The molecule has 1 heterocycles. The normalized spacial score (nSPS) is 15.8. The van der Waals surface area contributed by atoms with Crippen molar-refractivity contribution in [3.05, 3.63) is 95.6 Å². The smallest absolute Gasteiger partial charge is 0.270 e. The van der Waals surface area contributed by atoms with Gasteiger partial charge in [-0.25, -0.2) is 0 Å². The lowest BCUT2D eigenvalue weighted by atomic mass is 10.0. The van der Waals surface area contributed by atoms with E-state index in [1.807, 2.05) is 66.7 Å². The molecule has 5 nitrogen and oxygen atoms in total. The molecule has 1 atom stereocenters. The fourth-order valence-corrected chi connectivity index (χ4v) is 3.30. The van der Waals surface area contributed by atoms with Crippen molar-refractivity contribution < 1.29 is 9.59 Å². The second-order valence-corrected chi connectivity index (χ2v) is 6.55. The zero-order valence-corrected chi connectivity index (χ0v) is 15.2. The van der Waals surface area contributed by atoms with Crippen LogP contribution in [-0.4, -0.2) is 24.1 Å². The number of amides is 1. The molecule has 1 aliphatic rings. The molecular formula is C23H19N3O2. The maximum Gasteiger partial charge on any atom is 0.270 e. The predicted molar refractivity (Wildman–Crippen MR) is 110 cm³/mol. The highest BCUT2D eigenvalue weighted by Crippen LogP contribution is 2.33. The molecule has 4 rings (SSSR count). The first-order valence-electron chi connectivity index (χ1n) is 9.03. The first-order valence-corrected chi connectivity index (χ1v) is 9.03. The van der Waals surface area contributed by atoms with Gasteiger partial charge in [0.05, 0.1) is 11.4 Å². The van der Waals surface area contributed by atoms with Gasteiger partial charge in [-0.2, -0.15) is 0 Å². The first kappa shape index (κ1) is 17.8. The van der Waals surface area contributed by atoms with Crippen LogP contribution in [0.1, 0.15) is 21.5 Å². The van der Waals surface area contributed by atoms with Gasteiger partial charge in [0.2, 0.25) is 0 Å². The van der Waals surface area contributed by atoms with E-state index < -0.39 is 6.17 Å². The van der Waals surface area contributed by atoms with E-state index >= 15 is 0 Å². The largest absolute Gasteiger partial charge is 0.302 e. The number of carbonyl (C=O) groups is 2. The summed E-state index contributed by atoms with van der Waals surface area (Å²) in [5, 5.41) is 0. The van der Waals surface area contributed by atoms with Crippen LogP contribution >= 0.6 is 0 Å². The number of nitrogens with zero attached hydrogens (tertiary/aromatic N) is 2. The number of benzodiazepines with no additional fused rings is 1. The summed E-state index contributed by atoms with van der Waals surface area (Å²) in [5.74, 6) is -0.343. The third kappa shape index (κ3) is 3.35. The van der Waals surface area contributed by atoms with E-state index in [1.54, 1.807) is 23.2 Å². The number of hydrogen-bond donors (Lipinski definition) is 1. The number of hydrogen-bond acceptors (Lipinski definition) is 4. The monoisotopic (exact) mass is 369 g/mol. The van der Waals surface area contributed by atoms with Crippen molar-refractivity contribution in [2.75, 3.05) is 4.90 Å². The summed E-state index contributed by atoms with van der Waals surface area (Å²) < 4.78 is 0. The Kier molecular flexibility index (Phi) is 4.83. The van der Waals surface area contributed by atoms with Gasteiger partial charge in [-0.05, 0) is 17.7 Å². The topological polar surface area (TPSA) is 75.8 Å². The van der Waals surface area contributed by atoms with Gasteiger partial charge in [0.1, 0.15) is 0 Å². The molecule has 28 heavy (non-hydrogen) atoms. The van der Waals surface area contributed by atoms with E-state index in [1.165, 1.54) is 0 Å². The third-order valence-electron chi connectivity index (χ3n) is 4.70.